The van der Waals surface area contributed by atoms with Gasteiger partial charge in [-0.05, 0) is 25.8 Å². The lowest BCUT2D eigenvalue weighted by Crippen LogP contribution is -2.22. The van der Waals surface area contributed by atoms with Crippen LogP contribution in [0.5, 0.6) is 0 Å². The molecule has 0 aliphatic carbocycles. The van der Waals surface area contributed by atoms with Gasteiger partial charge in [-0.3, -0.25) is 0 Å². The Labute approximate surface area is 101 Å². The van der Waals surface area contributed by atoms with Crippen molar-refractivity contribution in [3.05, 3.63) is 35.9 Å². The van der Waals surface area contributed by atoms with Crippen molar-refractivity contribution < 1.29 is 4.74 Å². The fourth-order valence-electron chi connectivity index (χ4n) is 0.955. The van der Waals surface area contributed by atoms with Gasteiger partial charge in [0.25, 0.3) is 0 Å². The first-order valence-electron chi connectivity index (χ1n) is 6.23. The van der Waals surface area contributed by atoms with Crippen LogP contribution >= 0.6 is 0 Å². The number of hydrogen-bond donors (Lipinski definition) is 0. The van der Waals surface area contributed by atoms with E-state index in [0.717, 1.165) is 6.42 Å². The molecule has 0 N–H and O–H groups in total. The van der Waals surface area contributed by atoms with Crippen LogP contribution < -0.4 is 0 Å². The zero-order chi connectivity index (χ0) is 12.4. The molecule has 0 heterocycles. The summed E-state index contributed by atoms with van der Waals surface area (Å²) < 4.78 is 5.76. The molecule has 0 saturated heterocycles. The second-order valence-corrected chi connectivity index (χ2v) is 4.59. The Kier molecular flexibility index (Phi) is 7.92. The van der Waals surface area contributed by atoms with Crippen molar-refractivity contribution in [1.82, 2.24) is 0 Å². The first kappa shape index (κ1) is 15.2. The van der Waals surface area contributed by atoms with Gasteiger partial charge in [-0.1, -0.05) is 57.5 Å². The highest BCUT2D eigenvalue weighted by Gasteiger charge is 2.14. The molecule has 0 spiro atoms. The average Bonchev–Trinajstić information content (AvgIpc) is 2.29. The molecule has 92 valence electrons. The Hall–Kier alpha value is -0.820. The van der Waals surface area contributed by atoms with E-state index in [1.54, 1.807) is 0 Å². The third kappa shape index (κ3) is 7.47. The molecule has 1 rings (SSSR count). The maximum Gasteiger partial charge on any atom is 0.0724 e. The maximum atomic E-state index is 5.76. The van der Waals surface area contributed by atoms with Crippen LogP contribution in [0.3, 0.4) is 0 Å². The maximum absolute atomic E-state index is 5.76. The molecule has 0 aromatic heterocycles. The molecule has 1 nitrogen and oxygen atoms in total. The van der Waals surface area contributed by atoms with E-state index in [1.165, 1.54) is 12.0 Å². The second-order valence-electron chi connectivity index (χ2n) is 4.59. The van der Waals surface area contributed by atoms with Crippen molar-refractivity contribution in [2.45, 2.75) is 59.7 Å². The molecule has 16 heavy (non-hydrogen) atoms. The van der Waals surface area contributed by atoms with Crippen LogP contribution in [0.1, 0.15) is 53.0 Å². The average molecular weight is 222 g/mol. The van der Waals surface area contributed by atoms with Gasteiger partial charge in [0, 0.05) is 0 Å². The lowest BCUT2D eigenvalue weighted by Gasteiger charge is -2.23. The highest BCUT2D eigenvalue weighted by molar-refractivity contribution is 5.13. The van der Waals surface area contributed by atoms with Crippen LogP contribution in [0.4, 0.5) is 0 Å². The Morgan fingerprint density at radius 1 is 1.00 bits per heavy atom. The number of hydrogen-bond acceptors (Lipinski definition) is 1. The smallest absolute Gasteiger partial charge is 0.0724 e. The molecule has 0 radical (unpaired) electrons. The molecule has 0 amide bonds. The lowest BCUT2D eigenvalue weighted by atomic mass is 10.1. The van der Waals surface area contributed by atoms with Gasteiger partial charge in [0.05, 0.1) is 12.2 Å². The van der Waals surface area contributed by atoms with Crippen LogP contribution in [-0.2, 0) is 11.3 Å². The third-order valence-corrected chi connectivity index (χ3v) is 2.32. The standard InChI is InChI=1S/C12H18O.C3H8/c1-4-12(2,3)13-10-11-8-6-5-7-9-11;1-3-2/h5-9H,4,10H2,1-3H3;3H2,1-2H3. The van der Waals surface area contributed by atoms with E-state index in [-0.39, 0.29) is 5.60 Å². The van der Waals surface area contributed by atoms with E-state index in [9.17, 15) is 0 Å². The predicted octanol–water partition coefficient (Wildman–Crippen LogP) is 4.81. The van der Waals surface area contributed by atoms with Crippen molar-refractivity contribution in [2.75, 3.05) is 0 Å². The molecule has 1 aromatic rings. The largest absolute Gasteiger partial charge is 0.371 e. The molecule has 1 heteroatoms. The molecular weight excluding hydrogens is 196 g/mol. The molecule has 0 bridgehead atoms. The van der Waals surface area contributed by atoms with Crippen molar-refractivity contribution in [3.8, 4) is 0 Å². The lowest BCUT2D eigenvalue weighted by molar-refractivity contribution is -0.0316. The SMILES string of the molecule is CCC.CCC(C)(C)OCc1ccccc1. The van der Waals surface area contributed by atoms with Gasteiger partial charge in [-0.15, -0.1) is 0 Å². The van der Waals surface area contributed by atoms with Crippen LogP contribution in [0.15, 0.2) is 30.3 Å². The van der Waals surface area contributed by atoms with Crippen molar-refractivity contribution >= 4 is 0 Å². The summed E-state index contributed by atoms with van der Waals surface area (Å²) in [6.45, 7) is 11.3. The molecule has 0 aliphatic rings. The molecule has 0 aliphatic heterocycles. The molecule has 0 saturated carbocycles. The monoisotopic (exact) mass is 222 g/mol. The second kappa shape index (κ2) is 8.35. The van der Waals surface area contributed by atoms with Crippen molar-refractivity contribution in [1.29, 1.82) is 0 Å². The molecule has 0 atom stereocenters. The van der Waals surface area contributed by atoms with Crippen molar-refractivity contribution in [3.63, 3.8) is 0 Å². The van der Waals surface area contributed by atoms with Gasteiger partial charge in [-0.2, -0.15) is 0 Å². The third-order valence-electron chi connectivity index (χ3n) is 2.32. The Bertz CT molecular complexity index is 251. The van der Waals surface area contributed by atoms with E-state index in [2.05, 4.69) is 46.8 Å². The summed E-state index contributed by atoms with van der Waals surface area (Å²) >= 11 is 0. The zero-order valence-electron chi connectivity index (χ0n) is 11.4. The zero-order valence-corrected chi connectivity index (χ0v) is 11.4. The first-order valence-corrected chi connectivity index (χ1v) is 6.23. The van der Waals surface area contributed by atoms with Gasteiger partial charge >= 0.3 is 0 Å². The summed E-state index contributed by atoms with van der Waals surface area (Å²) in [5.74, 6) is 0. The number of ether oxygens (including phenoxy) is 1. The topological polar surface area (TPSA) is 9.23 Å². The van der Waals surface area contributed by atoms with Crippen LogP contribution in [0.25, 0.3) is 0 Å². The van der Waals surface area contributed by atoms with Gasteiger partial charge in [0.2, 0.25) is 0 Å². The fourth-order valence-corrected chi connectivity index (χ4v) is 0.955. The molecule has 1 aromatic carbocycles. The minimum absolute atomic E-state index is 0.00413. The number of benzene rings is 1. The Balaban J connectivity index is 0.000000673. The quantitative estimate of drug-likeness (QED) is 0.710. The minimum Gasteiger partial charge on any atom is -0.371 e. The van der Waals surface area contributed by atoms with Gasteiger partial charge in [-0.25, -0.2) is 0 Å². The summed E-state index contributed by atoms with van der Waals surface area (Å²) in [6, 6.07) is 10.3. The molecule has 0 fully saturated rings. The highest BCUT2D eigenvalue weighted by Crippen LogP contribution is 2.15. The normalized spacial score (nSPS) is 10.6. The van der Waals surface area contributed by atoms with Crippen LogP contribution in [0, 0.1) is 0 Å². The van der Waals surface area contributed by atoms with E-state index < -0.39 is 0 Å². The fraction of sp³-hybridized carbons (Fsp3) is 0.600. The Morgan fingerprint density at radius 2 is 1.50 bits per heavy atom. The Morgan fingerprint density at radius 3 is 1.94 bits per heavy atom. The minimum atomic E-state index is -0.00413. The van der Waals surface area contributed by atoms with E-state index in [4.69, 9.17) is 4.74 Å². The molecular formula is C15H26O. The van der Waals surface area contributed by atoms with Gasteiger partial charge in [0.15, 0.2) is 0 Å². The summed E-state index contributed by atoms with van der Waals surface area (Å²) in [7, 11) is 0. The van der Waals surface area contributed by atoms with E-state index >= 15 is 0 Å². The summed E-state index contributed by atoms with van der Waals surface area (Å²) in [6.07, 6.45) is 2.29. The predicted molar refractivity (Wildman–Crippen MR) is 71.6 cm³/mol. The molecule has 0 unspecified atom stereocenters. The van der Waals surface area contributed by atoms with Crippen LogP contribution in [0.2, 0.25) is 0 Å². The number of rotatable bonds is 4. The summed E-state index contributed by atoms with van der Waals surface area (Å²) in [5.41, 5.74) is 1.24. The van der Waals surface area contributed by atoms with Gasteiger partial charge < -0.3 is 4.74 Å². The summed E-state index contributed by atoms with van der Waals surface area (Å²) in [4.78, 5) is 0. The van der Waals surface area contributed by atoms with E-state index in [1.807, 2.05) is 18.2 Å². The highest BCUT2D eigenvalue weighted by atomic mass is 16.5. The first-order chi connectivity index (χ1) is 7.55. The summed E-state index contributed by atoms with van der Waals surface area (Å²) in [5, 5.41) is 0. The van der Waals surface area contributed by atoms with Crippen molar-refractivity contribution in [2.24, 2.45) is 0 Å². The van der Waals surface area contributed by atoms with E-state index in [0.29, 0.717) is 6.61 Å². The van der Waals surface area contributed by atoms with Crippen LogP contribution in [-0.4, -0.2) is 5.60 Å². The van der Waals surface area contributed by atoms with Gasteiger partial charge in [0.1, 0.15) is 0 Å².